The number of carbonyl (C=O) groups is 1. The van der Waals surface area contributed by atoms with Crippen molar-refractivity contribution in [3.63, 3.8) is 0 Å². The Balaban J connectivity index is 1.96. The summed E-state index contributed by atoms with van der Waals surface area (Å²) in [6, 6.07) is 3.82. The molecule has 0 N–H and O–H groups in total. The zero-order valence-electron chi connectivity index (χ0n) is 17.9. The number of benzene rings is 1. The highest BCUT2D eigenvalue weighted by atomic mass is 32.2. The van der Waals surface area contributed by atoms with E-state index in [0.717, 1.165) is 12.8 Å². The van der Waals surface area contributed by atoms with Crippen molar-refractivity contribution in [1.29, 1.82) is 0 Å². The molecule has 1 atom stereocenters. The summed E-state index contributed by atoms with van der Waals surface area (Å²) in [5, 5.41) is 0. The average Bonchev–Trinajstić information content (AvgIpc) is 3.13. The van der Waals surface area contributed by atoms with E-state index in [9.17, 15) is 21.6 Å². The van der Waals surface area contributed by atoms with Crippen molar-refractivity contribution >= 4 is 25.8 Å². The Morgan fingerprint density at radius 1 is 1.29 bits per heavy atom. The van der Waals surface area contributed by atoms with Gasteiger partial charge in [-0.05, 0) is 31.0 Å². The van der Waals surface area contributed by atoms with Crippen LogP contribution in [0.4, 0.5) is 0 Å². The summed E-state index contributed by atoms with van der Waals surface area (Å²) < 4.78 is 62.1. The molecule has 0 aliphatic carbocycles. The molecule has 0 spiro atoms. The van der Waals surface area contributed by atoms with Crippen molar-refractivity contribution < 1.29 is 31.1 Å². The first kappa shape index (κ1) is 24.0. The molecular formula is C20H30N2O7S2. The Morgan fingerprint density at radius 3 is 2.58 bits per heavy atom. The normalized spacial score (nSPS) is 21.7. The van der Waals surface area contributed by atoms with Crippen molar-refractivity contribution in [2.45, 2.75) is 37.1 Å². The summed E-state index contributed by atoms with van der Waals surface area (Å²) in [5.41, 5.74) is 0.122. The lowest BCUT2D eigenvalue weighted by atomic mass is 10.1. The fourth-order valence-corrected chi connectivity index (χ4v) is 7.07. The van der Waals surface area contributed by atoms with Gasteiger partial charge in [-0.2, -0.15) is 4.31 Å². The first-order valence-corrected chi connectivity index (χ1v) is 13.7. The lowest BCUT2D eigenvalue weighted by Gasteiger charge is -2.29. The molecule has 9 nitrogen and oxygen atoms in total. The van der Waals surface area contributed by atoms with E-state index in [4.69, 9.17) is 9.47 Å². The maximum absolute atomic E-state index is 13.5. The van der Waals surface area contributed by atoms with Crippen LogP contribution in [0.1, 0.15) is 36.5 Å². The smallest absolute Gasteiger partial charge is 0.257 e. The minimum atomic E-state index is -3.79. The summed E-state index contributed by atoms with van der Waals surface area (Å²) in [6.07, 6.45) is 1.94. The van der Waals surface area contributed by atoms with Gasteiger partial charge in [-0.25, -0.2) is 16.8 Å². The SMILES string of the molecule is CCCCN(C(=O)c1cc(S(=O)(=O)N2CCOCC2)ccc1OC)C1CCS(=O)(=O)C1. The zero-order chi connectivity index (χ0) is 22.6. The van der Waals surface area contributed by atoms with Gasteiger partial charge in [0, 0.05) is 25.7 Å². The van der Waals surface area contributed by atoms with E-state index in [0.29, 0.717) is 26.2 Å². The largest absolute Gasteiger partial charge is 0.496 e. The van der Waals surface area contributed by atoms with E-state index in [-0.39, 0.29) is 40.8 Å². The third-order valence-electron chi connectivity index (χ3n) is 5.67. The fourth-order valence-electron chi connectivity index (χ4n) is 3.91. The topological polar surface area (TPSA) is 110 Å². The molecule has 2 heterocycles. The Hall–Kier alpha value is -1.69. The number of sulfone groups is 1. The molecule has 0 saturated carbocycles. The van der Waals surface area contributed by atoms with Crippen molar-refractivity contribution in [2.75, 3.05) is 51.5 Å². The summed E-state index contributed by atoms with van der Waals surface area (Å²) in [7, 11) is -5.56. The third-order valence-corrected chi connectivity index (χ3v) is 9.32. The van der Waals surface area contributed by atoms with Crippen LogP contribution in [0.3, 0.4) is 0 Å². The highest BCUT2D eigenvalue weighted by Crippen LogP contribution is 2.28. The standard InChI is InChI=1S/C20H30N2O7S2/c1-3-4-8-22(16-7-13-30(24,25)15-16)20(23)18-14-17(5-6-19(18)28-2)31(26,27)21-9-11-29-12-10-21/h5-6,14,16H,3-4,7-13,15H2,1-2H3. The number of hydrogen-bond donors (Lipinski definition) is 0. The Labute approximate surface area is 184 Å². The molecule has 11 heteroatoms. The third kappa shape index (κ3) is 5.39. The number of ether oxygens (including phenoxy) is 2. The first-order valence-electron chi connectivity index (χ1n) is 10.5. The molecule has 1 amide bonds. The minimum Gasteiger partial charge on any atom is -0.496 e. The van der Waals surface area contributed by atoms with Crippen LogP contribution in [0.2, 0.25) is 0 Å². The van der Waals surface area contributed by atoms with Crippen LogP contribution in [-0.2, 0) is 24.6 Å². The van der Waals surface area contributed by atoms with Crippen LogP contribution in [-0.4, -0.2) is 89.5 Å². The number of sulfonamides is 1. The van der Waals surface area contributed by atoms with Gasteiger partial charge in [-0.15, -0.1) is 0 Å². The number of methoxy groups -OCH3 is 1. The molecule has 2 aliphatic rings. The Bertz CT molecular complexity index is 1000. The predicted molar refractivity (Wildman–Crippen MR) is 116 cm³/mol. The Kier molecular flexibility index (Phi) is 7.61. The van der Waals surface area contributed by atoms with Crippen molar-refractivity contribution in [2.24, 2.45) is 0 Å². The molecule has 0 aromatic heterocycles. The number of amides is 1. The molecule has 0 bridgehead atoms. The van der Waals surface area contributed by atoms with Crippen LogP contribution in [0, 0.1) is 0 Å². The van der Waals surface area contributed by atoms with Gasteiger partial charge in [-0.1, -0.05) is 13.3 Å². The van der Waals surface area contributed by atoms with Crippen LogP contribution >= 0.6 is 0 Å². The molecule has 0 radical (unpaired) electrons. The van der Waals surface area contributed by atoms with Gasteiger partial charge >= 0.3 is 0 Å². The molecule has 3 rings (SSSR count). The summed E-state index contributed by atoms with van der Waals surface area (Å²) >= 11 is 0. The second kappa shape index (κ2) is 9.85. The van der Waals surface area contributed by atoms with E-state index in [1.807, 2.05) is 6.92 Å². The number of morpholine rings is 1. The monoisotopic (exact) mass is 474 g/mol. The molecule has 174 valence electrons. The van der Waals surface area contributed by atoms with Crippen molar-refractivity contribution in [3.05, 3.63) is 23.8 Å². The van der Waals surface area contributed by atoms with E-state index in [2.05, 4.69) is 0 Å². The van der Waals surface area contributed by atoms with Crippen LogP contribution in [0.15, 0.2) is 23.1 Å². The van der Waals surface area contributed by atoms with E-state index >= 15 is 0 Å². The van der Waals surface area contributed by atoms with Gasteiger partial charge in [0.25, 0.3) is 5.91 Å². The average molecular weight is 475 g/mol. The highest BCUT2D eigenvalue weighted by Gasteiger charge is 2.36. The number of unbranched alkanes of at least 4 members (excludes halogenated alkanes) is 1. The van der Waals surface area contributed by atoms with E-state index in [1.54, 1.807) is 4.90 Å². The zero-order valence-corrected chi connectivity index (χ0v) is 19.6. The summed E-state index contributed by atoms with van der Waals surface area (Å²) in [6.45, 7) is 3.54. The Morgan fingerprint density at radius 2 is 2.00 bits per heavy atom. The van der Waals surface area contributed by atoms with Crippen LogP contribution in [0.25, 0.3) is 0 Å². The molecule has 2 saturated heterocycles. The van der Waals surface area contributed by atoms with Crippen LogP contribution in [0.5, 0.6) is 5.75 Å². The number of nitrogens with zero attached hydrogens (tertiary/aromatic N) is 2. The second-order valence-corrected chi connectivity index (χ2v) is 12.0. The van der Waals surface area contributed by atoms with E-state index < -0.39 is 31.8 Å². The lowest BCUT2D eigenvalue weighted by Crippen LogP contribution is -2.42. The molecule has 1 aromatic rings. The lowest BCUT2D eigenvalue weighted by molar-refractivity contribution is 0.0690. The fraction of sp³-hybridized carbons (Fsp3) is 0.650. The molecular weight excluding hydrogens is 444 g/mol. The number of carbonyl (C=O) groups excluding carboxylic acids is 1. The molecule has 31 heavy (non-hydrogen) atoms. The molecule has 1 unspecified atom stereocenters. The van der Waals surface area contributed by atoms with Gasteiger partial charge in [0.2, 0.25) is 10.0 Å². The van der Waals surface area contributed by atoms with Gasteiger partial charge < -0.3 is 14.4 Å². The first-order chi connectivity index (χ1) is 14.7. The van der Waals surface area contributed by atoms with Gasteiger partial charge in [0.05, 0.1) is 42.3 Å². The molecule has 2 aliphatic heterocycles. The van der Waals surface area contributed by atoms with Gasteiger partial charge in [0.15, 0.2) is 9.84 Å². The maximum atomic E-state index is 13.5. The van der Waals surface area contributed by atoms with Crippen LogP contribution < -0.4 is 4.74 Å². The van der Waals surface area contributed by atoms with Gasteiger partial charge in [-0.3, -0.25) is 4.79 Å². The van der Waals surface area contributed by atoms with Crippen molar-refractivity contribution in [3.8, 4) is 5.75 Å². The van der Waals surface area contributed by atoms with Crippen molar-refractivity contribution in [1.82, 2.24) is 9.21 Å². The number of hydrogen-bond acceptors (Lipinski definition) is 7. The minimum absolute atomic E-state index is 0.00744. The predicted octanol–water partition coefficient (Wildman–Crippen LogP) is 1.15. The summed E-state index contributed by atoms with van der Waals surface area (Å²) in [5.74, 6) is -0.174. The highest BCUT2D eigenvalue weighted by molar-refractivity contribution is 7.91. The maximum Gasteiger partial charge on any atom is 0.257 e. The molecule has 1 aromatic carbocycles. The second-order valence-electron chi connectivity index (χ2n) is 7.79. The van der Waals surface area contributed by atoms with E-state index in [1.165, 1.54) is 29.6 Å². The quantitative estimate of drug-likeness (QED) is 0.556. The molecule has 2 fully saturated rings. The van der Waals surface area contributed by atoms with Gasteiger partial charge in [0.1, 0.15) is 5.75 Å². The number of rotatable bonds is 8. The summed E-state index contributed by atoms with van der Waals surface area (Å²) in [4.78, 5) is 15.1.